The fraction of sp³-hybridized carbons (Fsp3) is 0.0833. The van der Waals surface area contributed by atoms with Gasteiger partial charge >= 0.3 is 0 Å². The van der Waals surface area contributed by atoms with Gasteiger partial charge in [-0.25, -0.2) is 5.43 Å². The molecule has 0 spiro atoms. The lowest BCUT2D eigenvalue weighted by atomic mass is 10.2. The zero-order valence-corrected chi connectivity index (χ0v) is 20.3. The highest BCUT2D eigenvalue weighted by atomic mass is 127. The predicted octanol–water partition coefficient (Wildman–Crippen LogP) is 5.62. The summed E-state index contributed by atoms with van der Waals surface area (Å²) in [6.45, 7) is 0.919. The number of carbonyl (C=O) groups is 1. The van der Waals surface area contributed by atoms with Crippen LogP contribution in [0.2, 0.25) is 0 Å². The van der Waals surface area contributed by atoms with Crippen LogP contribution in [-0.2, 0) is 11.3 Å². The standard InChI is InChI=1S/C24H20BrIN4O/c25-19-7-11-21(12-8-19)27-14-24(31)29-28-13-18-16-30(23-4-2-1-3-22(18)23)15-17-5-9-20(26)10-6-17/h1-13,16,27H,14-15H2,(H,29,31)/b28-13-. The van der Waals surface area contributed by atoms with Crippen LogP contribution < -0.4 is 10.7 Å². The second kappa shape index (κ2) is 10.1. The molecule has 2 N–H and O–H groups in total. The van der Waals surface area contributed by atoms with Gasteiger partial charge in [-0.1, -0.05) is 46.3 Å². The molecule has 0 fully saturated rings. The quantitative estimate of drug-likeness (QED) is 0.168. The maximum absolute atomic E-state index is 12.1. The van der Waals surface area contributed by atoms with E-state index in [0.29, 0.717) is 0 Å². The van der Waals surface area contributed by atoms with Crippen molar-refractivity contribution in [3.8, 4) is 0 Å². The van der Waals surface area contributed by atoms with Crippen molar-refractivity contribution in [2.75, 3.05) is 11.9 Å². The summed E-state index contributed by atoms with van der Waals surface area (Å²) in [6, 6.07) is 24.4. The molecule has 0 atom stereocenters. The van der Waals surface area contributed by atoms with Crippen LogP contribution in [0.1, 0.15) is 11.1 Å². The monoisotopic (exact) mass is 586 g/mol. The molecule has 1 aromatic heterocycles. The molecule has 0 unspecified atom stereocenters. The minimum absolute atomic E-state index is 0.146. The van der Waals surface area contributed by atoms with E-state index in [9.17, 15) is 4.79 Å². The van der Waals surface area contributed by atoms with Crippen molar-refractivity contribution < 1.29 is 4.79 Å². The maximum Gasteiger partial charge on any atom is 0.259 e. The average molecular weight is 587 g/mol. The smallest absolute Gasteiger partial charge is 0.259 e. The molecular weight excluding hydrogens is 567 g/mol. The molecular formula is C24H20BrIN4O. The highest BCUT2D eigenvalue weighted by Crippen LogP contribution is 2.21. The normalized spacial score (nSPS) is 11.2. The van der Waals surface area contributed by atoms with Gasteiger partial charge in [-0.15, -0.1) is 0 Å². The number of aromatic nitrogens is 1. The minimum Gasteiger partial charge on any atom is -0.376 e. The van der Waals surface area contributed by atoms with Crippen molar-refractivity contribution in [3.05, 3.63) is 98.2 Å². The summed E-state index contributed by atoms with van der Waals surface area (Å²) in [6.07, 6.45) is 3.77. The highest BCUT2D eigenvalue weighted by molar-refractivity contribution is 14.1. The average Bonchev–Trinajstić information content (AvgIpc) is 3.12. The van der Waals surface area contributed by atoms with E-state index in [1.54, 1.807) is 6.21 Å². The van der Waals surface area contributed by atoms with Crippen LogP contribution in [0.3, 0.4) is 0 Å². The molecule has 0 radical (unpaired) electrons. The first kappa shape index (κ1) is 21.6. The van der Waals surface area contributed by atoms with Crippen LogP contribution in [-0.4, -0.2) is 23.2 Å². The number of amides is 1. The van der Waals surface area contributed by atoms with Gasteiger partial charge in [0.25, 0.3) is 5.91 Å². The van der Waals surface area contributed by atoms with Crippen molar-refractivity contribution in [1.29, 1.82) is 0 Å². The molecule has 0 aliphatic carbocycles. The molecule has 0 aliphatic rings. The number of anilines is 1. The number of halogens is 2. The van der Waals surface area contributed by atoms with Gasteiger partial charge in [0.05, 0.1) is 12.8 Å². The number of carbonyl (C=O) groups excluding carboxylic acids is 1. The fourth-order valence-corrected chi connectivity index (χ4v) is 3.88. The summed E-state index contributed by atoms with van der Waals surface area (Å²) < 4.78 is 4.42. The van der Waals surface area contributed by atoms with E-state index in [0.717, 1.165) is 33.2 Å². The number of benzene rings is 3. The molecule has 3 aromatic carbocycles. The van der Waals surface area contributed by atoms with E-state index in [4.69, 9.17) is 0 Å². The van der Waals surface area contributed by atoms with Crippen LogP contribution in [0.4, 0.5) is 5.69 Å². The topological polar surface area (TPSA) is 58.4 Å². The van der Waals surface area contributed by atoms with E-state index in [1.807, 2.05) is 36.4 Å². The van der Waals surface area contributed by atoms with Gasteiger partial charge in [-0.3, -0.25) is 4.79 Å². The third-order valence-electron chi connectivity index (χ3n) is 4.78. The Balaban J connectivity index is 1.42. The number of hydrogen-bond donors (Lipinski definition) is 2. The summed E-state index contributed by atoms with van der Waals surface area (Å²) in [5, 5.41) is 8.33. The number of nitrogens with one attached hydrogen (secondary N) is 2. The van der Waals surface area contributed by atoms with E-state index < -0.39 is 0 Å². The number of rotatable bonds is 7. The summed E-state index contributed by atoms with van der Waals surface area (Å²) in [4.78, 5) is 12.1. The highest BCUT2D eigenvalue weighted by Gasteiger charge is 2.07. The third-order valence-corrected chi connectivity index (χ3v) is 6.02. The Bertz CT molecular complexity index is 1220. The summed E-state index contributed by atoms with van der Waals surface area (Å²) in [7, 11) is 0. The Morgan fingerprint density at radius 2 is 1.77 bits per heavy atom. The van der Waals surface area contributed by atoms with Crippen LogP contribution in [0, 0.1) is 3.57 Å². The van der Waals surface area contributed by atoms with Gasteiger partial charge in [0.15, 0.2) is 0 Å². The third kappa shape index (κ3) is 5.74. The molecule has 4 rings (SSSR count). The van der Waals surface area contributed by atoms with Gasteiger partial charge in [-0.2, -0.15) is 5.10 Å². The molecule has 5 nitrogen and oxygen atoms in total. The molecule has 156 valence electrons. The van der Waals surface area contributed by atoms with Crippen LogP contribution >= 0.6 is 38.5 Å². The Morgan fingerprint density at radius 3 is 2.55 bits per heavy atom. The van der Waals surface area contributed by atoms with Crippen molar-refractivity contribution in [2.24, 2.45) is 5.10 Å². The predicted molar refractivity (Wildman–Crippen MR) is 139 cm³/mol. The summed E-state index contributed by atoms with van der Waals surface area (Å²) in [5.74, 6) is -0.207. The minimum atomic E-state index is -0.207. The zero-order chi connectivity index (χ0) is 21.6. The van der Waals surface area contributed by atoms with Gasteiger partial charge in [0.2, 0.25) is 0 Å². The van der Waals surface area contributed by atoms with E-state index in [2.05, 4.69) is 102 Å². The van der Waals surface area contributed by atoms with Gasteiger partial charge < -0.3 is 9.88 Å². The van der Waals surface area contributed by atoms with Crippen molar-refractivity contribution in [1.82, 2.24) is 9.99 Å². The fourth-order valence-electron chi connectivity index (χ4n) is 3.26. The first-order valence-corrected chi connectivity index (χ1v) is 11.6. The summed E-state index contributed by atoms with van der Waals surface area (Å²) >= 11 is 5.71. The molecule has 0 saturated heterocycles. The molecule has 7 heteroatoms. The Hall–Kier alpha value is -2.65. The number of hydrazone groups is 1. The van der Waals surface area contributed by atoms with Gasteiger partial charge in [0, 0.05) is 42.9 Å². The number of hydrogen-bond acceptors (Lipinski definition) is 3. The largest absolute Gasteiger partial charge is 0.376 e. The van der Waals surface area contributed by atoms with E-state index >= 15 is 0 Å². The molecule has 0 aliphatic heterocycles. The number of para-hydroxylation sites is 1. The van der Waals surface area contributed by atoms with Crippen molar-refractivity contribution in [3.63, 3.8) is 0 Å². The van der Waals surface area contributed by atoms with Gasteiger partial charge in [-0.05, 0) is 70.6 Å². The Morgan fingerprint density at radius 1 is 1.03 bits per heavy atom. The molecule has 1 amide bonds. The molecule has 1 heterocycles. The van der Waals surface area contributed by atoms with Crippen LogP contribution in [0.5, 0.6) is 0 Å². The summed E-state index contributed by atoms with van der Waals surface area (Å²) in [5.41, 5.74) is 6.79. The SMILES string of the molecule is O=C(CNc1ccc(Br)cc1)N/N=C\c1cn(Cc2ccc(I)cc2)c2ccccc12. The van der Waals surface area contributed by atoms with Crippen LogP contribution in [0.15, 0.2) is 88.6 Å². The van der Waals surface area contributed by atoms with Crippen LogP contribution in [0.25, 0.3) is 10.9 Å². The number of nitrogens with zero attached hydrogens (tertiary/aromatic N) is 2. The first-order chi connectivity index (χ1) is 15.1. The number of fused-ring (bicyclic) bond motifs is 1. The second-order valence-corrected chi connectivity index (χ2v) is 9.17. The molecule has 0 saturated carbocycles. The lowest BCUT2D eigenvalue weighted by molar-refractivity contribution is -0.119. The first-order valence-electron chi connectivity index (χ1n) is 9.72. The zero-order valence-electron chi connectivity index (χ0n) is 16.6. The lowest BCUT2D eigenvalue weighted by Crippen LogP contribution is -2.25. The van der Waals surface area contributed by atoms with E-state index in [-0.39, 0.29) is 12.5 Å². The Labute approximate surface area is 202 Å². The lowest BCUT2D eigenvalue weighted by Gasteiger charge is -2.05. The van der Waals surface area contributed by atoms with Crippen molar-refractivity contribution in [2.45, 2.75) is 6.54 Å². The van der Waals surface area contributed by atoms with Crippen molar-refractivity contribution >= 4 is 67.2 Å². The molecule has 0 bridgehead atoms. The Kier molecular flexibility index (Phi) is 7.03. The molecule has 31 heavy (non-hydrogen) atoms. The molecule has 4 aromatic rings. The second-order valence-electron chi connectivity index (χ2n) is 7.01. The maximum atomic E-state index is 12.1. The van der Waals surface area contributed by atoms with Gasteiger partial charge in [0.1, 0.15) is 0 Å². The van der Waals surface area contributed by atoms with E-state index in [1.165, 1.54) is 9.13 Å².